The number of carbonyl (C=O) groups excluding carboxylic acids is 1. The Bertz CT molecular complexity index is 858. The van der Waals surface area contributed by atoms with Crippen LogP contribution in [0.4, 0.5) is 5.69 Å². The fourth-order valence-corrected chi connectivity index (χ4v) is 2.94. The first-order valence-electron chi connectivity index (χ1n) is 8.61. The fraction of sp³-hybridized carbons (Fsp3) is 0.286. The minimum Gasteiger partial charge on any atom is -0.493 e. The maximum absolute atomic E-state index is 12.3. The predicted octanol–water partition coefficient (Wildman–Crippen LogP) is 5.27. The Morgan fingerprint density at radius 2 is 1.96 bits per heavy atom. The number of carbonyl (C=O) groups is 1. The van der Waals surface area contributed by atoms with Crippen LogP contribution < -0.4 is 14.8 Å². The van der Waals surface area contributed by atoms with Gasteiger partial charge in [-0.1, -0.05) is 31.5 Å². The molecule has 2 aromatic rings. The molecule has 0 saturated carbocycles. The summed E-state index contributed by atoms with van der Waals surface area (Å²) in [5.74, 6) is 1.79. The van der Waals surface area contributed by atoms with Crippen LogP contribution in [0.1, 0.15) is 31.4 Å². The molecule has 136 valence electrons. The van der Waals surface area contributed by atoms with Gasteiger partial charge in [0.1, 0.15) is 0 Å². The van der Waals surface area contributed by atoms with E-state index in [0.717, 1.165) is 23.2 Å². The molecule has 0 aliphatic carbocycles. The van der Waals surface area contributed by atoms with Crippen LogP contribution in [-0.4, -0.2) is 19.6 Å². The number of fused-ring (bicyclic) bond motifs is 1. The quantitative estimate of drug-likeness (QED) is 0.704. The van der Waals surface area contributed by atoms with Crippen molar-refractivity contribution in [1.29, 1.82) is 0 Å². The summed E-state index contributed by atoms with van der Waals surface area (Å²) in [5, 5.41) is 3.45. The molecule has 0 spiro atoms. The minimum absolute atomic E-state index is 0.140. The summed E-state index contributed by atoms with van der Waals surface area (Å²) in [6.07, 6.45) is 2.81. The topological polar surface area (TPSA) is 47.6 Å². The predicted molar refractivity (Wildman–Crippen MR) is 106 cm³/mol. The van der Waals surface area contributed by atoms with Crippen molar-refractivity contribution in [2.75, 3.05) is 19.0 Å². The van der Waals surface area contributed by atoms with Crippen molar-refractivity contribution in [3.8, 4) is 11.5 Å². The summed E-state index contributed by atoms with van der Waals surface area (Å²) in [7, 11) is 1.61. The summed E-state index contributed by atoms with van der Waals surface area (Å²) in [5.41, 5.74) is 3.01. The summed E-state index contributed by atoms with van der Waals surface area (Å²) in [6, 6.07) is 11.0. The first-order valence-corrected chi connectivity index (χ1v) is 8.99. The van der Waals surface area contributed by atoms with Crippen LogP contribution in [-0.2, 0) is 4.79 Å². The summed E-state index contributed by atoms with van der Waals surface area (Å²) in [4.78, 5) is 12.3. The average molecular weight is 372 g/mol. The van der Waals surface area contributed by atoms with Crippen LogP contribution in [0, 0.1) is 5.92 Å². The molecule has 26 heavy (non-hydrogen) atoms. The number of amides is 1. The van der Waals surface area contributed by atoms with E-state index in [0.29, 0.717) is 34.6 Å². The normalized spacial score (nSPS) is 14.5. The monoisotopic (exact) mass is 371 g/mol. The molecule has 1 aliphatic heterocycles. The molecule has 1 amide bonds. The van der Waals surface area contributed by atoms with Crippen molar-refractivity contribution in [1.82, 2.24) is 0 Å². The van der Waals surface area contributed by atoms with E-state index in [1.165, 1.54) is 0 Å². The molecule has 1 heterocycles. The van der Waals surface area contributed by atoms with Crippen molar-refractivity contribution in [2.24, 2.45) is 5.92 Å². The molecule has 4 nitrogen and oxygen atoms in total. The number of benzene rings is 2. The molecule has 1 aliphatic rings. The Morgan fingerprint density at radius 1 is 1.15 bits per heavy atom. The second-order valence-electron chi connectivity index (χ2n) is 6.64. The van der Waals surface area contributed by atoms with E-state index in [9.17, 15) is 4.79 Å². The number of methoxy groups -OCH3 is 1. The maximum Gasteiger partial charge on any atom is 0.256 e. The van der Waals surface area contributed by atoms with E-state index in [1.54, 1.807) is 19.2 Å². The Labute approximate surface area is 158 Å². The summed E-state index contributed by atoms with van der Waals surface area (Å²) in [6.45, 7) is 4.96. The molecule has 0 bridgehead atoms. The van der Waals surface area contributed by atoms with E-state index in [1.807, 2.05) is 30.3 Å². The van der Waals surface area contributed by atoms with Crippen LogP contribution in [0.5, 0.6) is 11.5 Å². The van der Waals surface area contributed by atoms with Gasteiger partial charge in [0.15, 0.2) is 11.5 Å². The Morgan fingerprint density at radius 3 is 2.69 bits per heavy atom. The zero-order valence-corrected chi connectivity index (χ0v) is 15.9. The molecule has 0 radical (unpaired) electrons. The number of nitrogens with one attached hydrogen (secondary N) is 1. The molecular weight excluding hydrogens is 350 g/mol. The van der Waals surface area contributed by atoms with Gasteiger partial charge in [0, 0.05) is 21.8 Å². The van der Waals surface area contributed by atoms with Gasteiger partial charge in [0.05, 0.1) is 13.7 Å². The van der Waals surface area contributed by atoms with Crippen LogP contribution in [0.25, 0.3) is 11.6 Å². The highest BCUT2D eigenvalue weighted by molar-refractivity contribution is 6.36. The van der Waals surface area contributed by atoms with Gasteiger partial charge in [0.25, 0.3) is 5.91 Å². The molecule has 5 heteroatoms. The fourth-order valence-electron chi connectivity index (χ4n) is 2.77. The zero-order chi connectivity index (χ0) is 18.7. The molecule has 0 saturated heterocycles. The second-order valence-corrected chi connectivity index (χ2v) is 7.08. The van der Waals surface area contributed by atoms with Crippen LogP contribution in [0.3, 0.4) is 0 Å². The number of rotatable bonds is 6. The number of hydrogen-bond donors (Lipinski definition) is 1. The van der Waals surface area contributed by atoms with Crippen molar-refractivity contribution in [3.05, 3.63) is 52.5 Å². The average Bonchev–Trinajstić information content (AvgIpc) is 2.91. The molecule has 2 aromatic carbocycles. The van der Waals surface area contributed by atoms with Gasteiger partial charge in [-0.3, -0.25) is 4.79 Å². The van der Waals surface area contributed by atoms with E-state index in [4.69, 9.17) is 21.1 Å². The van der Waals surface area contributed by atoms with Gasteiger partial charge < -0.3 is 14.8 Å². The lowest BCUT2D eigenvalue weighted by atomic mass is 10.0. The van der Waals surface area contributed by atoms with Crippen LogP contribution in [0.15, 0.2) is 36.4 Å². The van der Waals surface area contributed by atoms with E-state index in [-0.39, 0.29) is 5.91 Å². The van der Waals surface area contributed by atoms with E-state index < -0.39 is 0 Å². The largest absolute Gasteiger partial charge is 0.493 e. The lowest BCUT2D eigenvalue weighted by Crippen LogP contribution is -2.04. The summed E-state index contributed by atoms with van der Waals surface area (Å²) < 4.78 is 11.3. The first kappa shape index (κ1) is 18.3. The van der Waals surface area contributed by atoms with E-state index >= 15 is 0 Å². The van der Waals surface area contributed by atoms with Gasteiger partial charge in [0.2, 0.25) is 0 Å². The highest BCUT2D eigenvalue weighted by Crippen LogP contribution is 2.36. The number of hydrogen-bond acceptors (Lipinski definition) is 3. The first-order chi connectivity index (χ1) is 12.5. The second kappa shape index (κ2) is 7.83. The SMILES string of the molecule is COc1cc(C=C2C(=O)Nc3ccc(Cl)cc32)ccc1OCCC(C)C. The third-order valence-electron chi connectivity index (χ3n) is 4.22. The molecule has 0 atom stereocenters. The van der Waals surface area contributed by atoms with Crippen LogP contribution in [0.2, 0.25) is 5.02 Å². The maximum atomic E-state index is 12.3. The third-order valence-corrected chi connectivity index (χ3v) is 4.45. The molecular formula is C21H22ClNO3. The highest BCUT2D eigenvalue weighted by atomic mass is 35.5. The molecule has 1 N–H and O–H groups in total. The lowest BCUT2D eigenvalue weighted by molar-refractivity contribution is -0.110. The Balaban J connectivity index is 1.87. The van der Waals surface area contributed by atoms with Gasteiger partial charge in [-0.2, -0.15) is 0 Å². The molecule has 3 rings (SSSR count). The van der Waals surface area contributed by atoms with Gasteiger partial charge in [-0.25, -0.2) is 0 Å². The highest BCUT2D eigenvalue weighted by Gasteiger charge is 2.24. The van der Waals surface area contributed by atoms with Crippen molar-refractivity contribution in [3.63, 3.8) is 0 Å². The van der Waals surface area contributed by atoms with Gasteiger partial charge in [-0.05, 0) is 54.3 Å². The van der Waals surface area contributed by atoms with Gasteiger partial charge >= 0.3 is 0 Å². The third kappa shape index (κ3) is 4.02. The Kier molecular flexibility index (Phi) is 5.52. The summed E-state index contributed by atoms with van der Waals surface area (Å²) >= 11 is 6.08. The number of halogens is 1. The number of ether oxygens (including phenoxy) is 2. The number of anilines is 1. The molecule has 0 aromatic heterocycles. The van der Waals surface area contributed by atoms with Crippen molar-refractivity contribution >= 4 is 34.8 Å². The Hall–Kier alpha value is -2.46. The standard InChI is InChI=1S/C21H22ClNO3/c1-13(2)8-9-26-19-7-4-14(11-20(19)25-3)10-17-16-12-15(22)5-6-18(16)23-21(17)24/h4-7,10-13H,8-9H2,1-3H3,(H,23,24). The smallest absolute Gasteiger partial charge is 0.256 e. The minimum atomic E-state index is -0.140. The van der Waals surface area contributed by atoms with Gasteiger partial charge in [-0.15, -0.1) is 0 Å². The molecule has 0 fully saturated rings. The molecule has 0 unspecified atom stereocenters. The van der Waals surface area contributed by atoms with Crippen LogP contribution >= 0.6 is 11.6 Å². The zero-order valence-electron chi connectivity index (χ0n) is 15.1. The lowest BCUT2D eigenvalue weighted by Gasteiger charge is -2.12. The van der Waals surface area contributed by atoms with E-state index in [2.05, 4.69) is 19.2 Å². The van der Waals surface area contributed by atoms with Crippen molar-refractivity contribution in [2.45, 2.75) is 20.3 Å². The van der Waals surface area contributed by atoms with Crippen molar-refractivity contribution < 1.29 is 14.3 Å².